The molecule has 4 heteroatoms. The lowest BCUT2D eigenvalue weighted by atomic mass is 10.2. The average molecular weight is 233 g/mol. The molecule has 0 spiro atoms. The quantitative estimate of drug-likeness (QED) is 0.534. The fourth-order valence-corrected chi connectivity index (χ4v) is 1.32. The Morgan fingerprint density at radius 1 is 1.06 bits per heavy atom. The van der Waals surface area contributed by atoms with E-state index >= 15 is 0 Å². The van der Waals surface area contributed by atoms with Crippen LogP contribution in [0.1, 0.15) is 20.8 Å². The summed E-state index contributed by atoms with van der Waals surface area (Å²) in [5, 5.41) is 0. The minimum Gasteiger partial charge on any atom is -0.382 e. The highest BCUT2D eigenvalue weighted by Crippen LogP contribution is 2.04. The van der Waals surface area contributed by atoms with Gasteiger partial charge in [-0.2, -0.15) is 0 Å². The van der Waals surface area contributed by atoms with E-state index in [1.807, 2.05) is 6.92 Å². The van der Waals surface area contributed by atoms with Gasteiger partial charge in [0.05, 0.1) is 32.5 Å². The van der Waals surface area contributed by atoms with Crippen LogP contribution in [0, 0.1) is 0 Å². The maximum atomic E-state index is 5.56. The Morgan fingerprint density at radius 2 is 1.69 bits per heavy atom. The van der Waals surface area contributed by atoms with Crippen molar-refractivity contribution >= 4 is 0 Å². The SMILES string of the molecule is CCOCC(COCCOC)N(C)C(C)C. The van der Waals surface area contributed by atoms with Crippen LogP contribution in [0.2, 0.25) is 0 Å². The zero-order valence-electron chi connectivity index (χ0n) is 11.4. The van der Waals surface area contributed by atoms with E-state index in [1.54, 1.807) is 7.11 Å². The molecular formula is C12H27NO3. The van der Waals surface area contributed by atoms with Crippen LogP contribution in [-0.2, 0) is 14.2 Å². The molecule has 0 rings (SSSR count). The molecule has 16 heavy (non-hydrogen) atoms. The Bertz CT molecular complexity index is 153. The monoisotopic (exact) mass is 233 g/mol. The highest BCUT2D eigenvalue weighted by molar-refractivity contribution is 4.70. The summed E-state index contributed by atoms with van der Waals surface area (Å²) in [5.41, 5.74) is 0. The molecular weight excluding hydrogens is 206 g/mol. The van der Waals surface area contributed by atoms with Crippen LogP contribution in [0.15, 0.2) is 0 Å². The van der Waals surface area contributed by atoms with E-state index in [0.717, 1.165) is 13.2 Å². The summed E-state index contributed by atoms with van der Waals surface area (Å²) in [7, 11) is 3.79. The molecule has 0 amide bonds. The first-order valence-corrected chi connectivity index (χ1v) is 5.99. The molecule has 0 aromatic rings. The highest BCUT2D eigenvalue weighted by atomic mass is 16.5. The van der Waals surface area contributed by atoms with Gasteiger partial charge in [-0.3, -0.25) is 4.90 Å². The molecule has 0 aromatic heterocycles. The minimum absolute atomic E-state index is 0.316. The summed E-state index contributed by atoms with van der Waals surface area (Å²) < 4.78 is 16.0. The normalized spacial score (nSPS) is 13.7. The molecule has 0 fully saturated rings. The third-order valence-electron chi connectivity index (χ3n) is 2.65. The fourth-order valence-electron chi connectivity index (χ4n) is 1.32. The Kier molecular flexibility index (Phi) is 9.92. The van der Waals surface area contributed by atoms with Gasteiger partial charge in [0.15, 0.2) is 0 Å². The van der Waals surface area contributed by atoms with Gasteiger partial charge in [-0.25, -0.2) is 0 Å². The maximum absolute atomic E-state index is 5.56. The van der Waals surface area contributed by atoms with Gasteiger partial charge in [-0.05, 0) is 27.8 Å². The number of nitrogens with zero attached hydrogens (tertiary/aromatic N) is 1. The van der Waals surface area contributed by atoms with Crippen molar-refractivity contribution in [2.45, 2.75) is 32.9 Å². The van der Waals surface area contributed by atoms with Crippen molar-refractivity contribution in [2.24, 2.45) is 0 Å². The predicted octanol–water partition coefficient (Wildman–Crippen LogP) is 1.39. The van der Waals surface area contributed by atoms with Gasteiger partial charge in [-0.1, -0.05) is 0 Å². The molecule has 0 heterocycles. The number of hydrogen-bond acceptors (Lipinski definition) is 4. The first-order chi connectivity index (χ1) is 7.63. The van der Waals surface area contributed by atoms with Gasteiger partial charge in [0.2, 0.25) is 0 Å². The number of methoxy groups -OCH3 is 1. The highest BCUT2D eigenvalue weighted by Gasteiger charge is 2.17. The molecule has 0 saturated heterocycles. The molecule has 0 aliphatic heterocycles. The van der Waals surface area contributed by atoms with Gasteiger partial charge in [-0.15, -0.1) is 0 Å². The van der Waals surface area contributed by atoms with Gasteiger partial charge in [0.1, 0.15) is 0 Å². The largest absolute Gasteiger partial charge is 0.382 e. The fraction of sp³-hybridized carbons (Fsp3) is 1.00. The molecule has 1 atom stereocenters. The maximum Gasteiger partial charge on any atom is 0.0701 e. The molecule has 0 N–H and O–H groups in total. The van der Waals surface area contributed by atoms with E-state index in [2.05, 4.69) is 25.8 Å². The van der Waals surface area contributed by atoms with Gasteiger partial charge in [0.25, 0.3) is 0 Å². The van der Waals surface area contributed by atoms with E-state index < -0.39 is 0 Å². The van der Waals surface area contributed by atoms with Crippen molar-refractivity contribution in [1.29, 1.82) is 0 Å². The number of likely N-dealkylation sites (N-methyl/N-ethyl adjacent to an activating group) is 1. The van der Waals surface area contributed by atoms with Gasteiger partial charge in [0, 0.05) is 19.8 Å². The number of rotatable bonds is 10. The van der Waals surface area contributed by atoms with E-state index in [4.69, 9.17) is 14.2 Å². The molecule has 98 valence electrons. The van der Waals surface area contributed by atoms with Crippen molar-refractivity contribution in [2.75, 3.05) is 47.2 Å². The second-order valence-corrected chi connectivity index (χ2v) is 4.14. The molecule has 0 aliphatic carbocycles. The molecule has 0 aromatic carbocycles. The van der Waals surface area contributed by atoms with Crippen molar-refractivity contribution < 1.29 is 14.2 Å². The van der Waals surface area contributed by atoms with Crippen molar-refractivity contribution in [1.82, 2.24) is 4.90 Å². The van der Waals surface area contributed by atoms with E-state index in [9.17, 15) is 0 Å². The Labute approximate surface area is 99.9 Å². The summed E-state index contributed by atoms with van der Waals surface area (Å²) in [6, 6.07) is 0.813. The van der Waals surface area contributed by atoms with Gasteiger partial charge >= 0.3 is 0 Å². The van der Waals surface area contributed by atoms with Crippen molar-refractivity contribution in [3.63, 3.8) is 0 Å². The molecule has 0 aliphatic rings. The summed E-state index contributed by atoms with van der Waals surface area (Å²) in [5.74, 6) is 0. The van der Waals surface area contributed by atoms with E-state index in [1.165, 1.54) is 0 Å². The predicted molar refractivity (Wildman–Crippen MR) is 65.9 cm³/mol. The lowest BCUT2D eigenvalue weighted by Gasteiger charge is -2.30. The summed E-state index contributed by atoms with van der Waals surface area (Å²) >= 11 is 0. The first kappa shape index (κ1) is 15.8. The summed E-state index contributed by atoms with van der Waals surface area (Å²) in [6.45, 7) is 9.81. The summed E-state index contributed by atoms with van der Waals surface area (Å²) in [6.07, 6.45) is 0. The average Bonchev–Trinajstić information content (AvgIpc) is 2.27. The van der Waals surface area contributed by atoms with Crippen LogP contribution in [0.4, 0.5) is 0 Å². The van der Waals surface area contributed by atoms with Crippen molar-refractivity contribution in [3.05, 3.63) is 0 Å². The zero-order chi connectivity index (χ0) is 12.4. The molecule has 0 saturated carbocycles. The topological polar surface area (TPSA) is 30.9 Å². The standard InChI is InChI=1S/C12H27NO3/c1-6-15-9-12(13(4)11(2)3)10-16-8-7-14-5/h11-12H,6-10H2,1-5H3. The Hall–Kier alpha value is -0.160. The summed E-state index contributed by atoms with van der Waals surface area (Å²) in [4.78, 5) is 2.28. The third kappa shape index (κ3) is 7.17. The van der Waals surface area contributed by atoms with E-state index in [-0.39, 0.29) is 0 Å². The Balaban J connectivity index is 3.89. The Morgan fingerprint density at radius 3 is 2.19 bits per heavy atom. The van der Waals surface area contributed by atoms with Crippen molar-refractivity contribution in [3.8, 4) is 0 Å². The first-order valence-electron chi connectivity index (χ1n) is 5.99. The van der Waals surface area contributed by atoms with Crippen LogP contribution in [0.3, 0.4) is 0 Å². The van der Waals surface area contributed by atoms with E-state index in [0.29, 0.717) is 31.9 Å². The number of ether oxygens (including phenoxy) is 3. The molecule has 0 bridgehead atoms. The second kappa shape index (κ2) is 10.0. The zero-order valence-corrected chi connectivity index (χ0v) is 11.4. The lowest BCUT2D eigenvalue weighted by Crippen LogP contribution is -2.43. The van der Waals surface area contributed by atoms with Crippen LogP contribution in [0.25, 0.3) is 0 Å². The van der Waals surface area contributed by atoms with Crippen LogP contribution >= 0.6 is 0 Å². The van der Waals surface area contributed by atoms with Gasteiger partial charge < -0.3 is 14.2 Å². The minimum atomic E-state index is 0.316. The lowest BCUT2D eigenvalue weighted by molar-refractivity contribution is -0.00563. The molecule has 0 radical (unpaired) electrons. The smallest absolute Gasteiger partial charge is 0.0701 e. The van der Waals surface area contributed by atoms with Crippen LogP contribution in [-0.4, -0.2) is 64.2 Å². The third-order valence-corrected chi connectivity index (χ3v) is 2.65. The van der Waals surface area contributed by atoms with Crippen LogP contribution < -0.4 is 0 Å². The van der Waals surface area contributed by atoms with Crippen LogP contribution in [0.5, 0.6) is 0 Å². The number of hydrogen-bond donors (Lipinski definition) is 0. The molecule has 1 unspecified atom stereocenters. The second-order valence-electron chi connectivity index (χ2n) is 4.14. The molecule has 4 nitrogen and oxygen atoms in total.